The first-order valence-corrected chi connectivity index (χ1v) is 16.1. The third-order valence-corrected chi connectivity index (χ3v) is 10.0. The Balaban J connectivity index is 1.09. The Morgan fingerprint density at radius 3 is 2.68 bits per heavy atom. The number of rotatable bonds is 10. The van der Waals surface area contributed by atoms with Crippen LogP contribution in [-0.2, 0) is 16.1 Å². The topological polar surface area (TPSA) is 127 Å². The van der Waals surface area contributed by atoms with Crippen LogP contribution in [0.25, 0.3) is 21.5 Å². The molecule has 3 unspecified atom stereocenters. The molecule has 3 aliphatic rings. The molecule has 2 aromatic heterocycles. The highest BCUT2D eigenvalue weighted by Gasteiger charge is 2.47. The number of nitrogens with one attached hydrogen (secondary N) is 1. The second kappa shape index (κ2) is 12.1. The molecule has 4 heterocycles. The number of nitrogens with zero attached hydrogens (tertiary/aromatic N) is 3. The van der Waals surface area contributed by atoms with Crippen molar-refractivity contribution in [3.05, 3.63) is 59.1 Å². The fraction of sp³-hybridized carbons (Fsp3) is 0.438. The first-order chi connectivity index (χ1) is 22.4. The first kappa shape index (κ1) is 31.4. The molecular formula is C32H30F4N4O6S. The molecule has 248 valence electrons. The summed E-state index contributed by atoms with van der Waals surface area (Å²) in [6, 6.07) is 8.53. The van der Waals surface area contributed by atoms with Crippen molar-refractivity contribution in [2.24, 2.45) is 5.92 Å². The number of fused-ring (bicyclic) bond motifs is 3. The normalized spacial score (nSPS) is 22.5. The van der Waals surface area contributed by atoms with E-state index in [2.05, 4.69) is 32.0 Å². The average molecular weight is 675 g/mol. The second-order valence-electron chi connectivity index (χ2n) is 12.3. The van der Waals surface area contributed by atoms with E-state index in [0.29, 0.717) is 39.9 Å². The third kappa shape index (κ3) is 6.38. The SMILES string of the molecule is C[C@@H]1CC2CC(OCc3c(-c4ccccc4OC(F)(F)F)noc3C3CC3)CC1N2c1nc2c(F)cc(C(=O)NCC(=O)O)cc2s1. The number of carbonyl (C=O) groups excluding carboxylic acids is 1. The number of benzene rings is 2. The van der Waals surface area contributed by atoms with Gasteiger partial charge in [0.15, 0.2) is 10.9 Å². The second-order valence-corrected chi connectivity index (χ2v) is 13.3. The Bertz CT molecular complexity index is 1840. The van der Waals surface area contributed by atoms with E-state index in [1.807, 2.05) is 0 Å². The Morgan fingerprint density at radius 2 is 1.96 bits per heavy atom. The fourth-order valence-corrected chi connectivity index (χ4v) is 7.95. The van der Waals surface area contributed by atoms with Gasteiger partial charge in [-0.3, -0.25) is 9.59 Å². The quantitative estimate of drug-likeness (QED) is 0.178. The lowest BCUT2D eigenvalue weighted by atomic mass is 9.97. The lowest BCUT2D eigenvalue weighted by molar-refractivity contribution is -0.274. The van der Waals surface area contributed by atoms with Gasteiger partial charge in [-0.1, -0.05) is 35.5 Å². The molecule has 2 N–H and O–H groups in total. The molecule has 4 atom stereocenters. The van der Waals surface area contributed by atoms with E-state index in [-0.39, 0.29) is 58.8 Å². The summed E-state index contributed by atoms with van der Waals surface area (Å²) < 4.78 is 71.5. The molecule has 2 bridgehead atoms. The predicted octanol–water partition coefficient (Wildman–Crippen LogP) is 6.64. The molecular weight excluding hydrogens is 644 g/mol. The Kier molecular flexibility index (Phi) is 8.07. The summed E-state index contributed by atoms with van der Waals surface area (Å²) in [5.41, 5.74) is 1.23. The minimum absolute atomic E-state index is 0.0150. The molecule has 2 aromatic carbocycles. The molecule has 4 aromatic rings. The van der Waals surface area contributed by atoms with Crippen LogP contribution >= 0.6 is 11.3 Å². The molecule has 47 heavy (non-hydrogen) atoms. The third-order valence-electron chi connectivity index (χ3n) is 9.01. The van der Waals surface area contributed by atoms with Crippen LogP contribution in [0.3, 0.4) is 0 Å². The number of ether oxygens (including phenoxy) is 2. The molecule has 0 radical (unpaired) electrons. The van der Waals surface area contributed by atoms with Crippen LogP contribution in [0.5, 0.6) is 5.75 Å². The van der Waals surface area contributed by atoms with Crippen LogP contribution in [0.2, 0.25) is 0 Å². The maximum Gasteiger partial charge on any atom is 0.573 e. The van der Waals surface area contributed by atoms with Crippen LogP contribution in [0.1, 0.15) is 66.6 Å². The number of carboxylic acids is 1. The lowest BCUT2D eigenvalue weighted by Gasteiger charge is -2.39. The highest BCUT2D eigenvalue weighted by atomic mass is 32.1. The number of para-hydroxylation sites is 1. The Labute approximate surface area is 269 Å². The van der Waals surface area contributed by atoms with Gasteiger partial charge in [0.05, 0.1) is 17.4 Å². The molecule has 2 aliphatic heterocycles. The Morgan fingerprint density at radius 1 is 1.17 bits per heavy atom. The van der Waals surface area contributed by atoms with Gasteiger partial charge < -0.3 is 29.3 Å². The summed E-state index contributed by atoms with van der Waals surface area (Å²) in [4.78, 5) is 30.0. The van der Waals surface area contributed by atoms with E-state index < -0.39 is 30.6 Å². The zero-order chi connectivity index (χ0) is 33.0. The highest BCUT2D eigenvalue weighted by Crippen LogP contribution is 2.48. The number of carbonyl (C=O) groups is 2. The number of aliphatic carboxylic acids is 1. The maximum absolute atomic E-state index is 15.1. The summed E-state index contributed by atoms with van der Waals surface area (Å²) in [6.45, 7) is 1.69. The van der Waals surface area contributed by atoms with Crippen molar-refractivity contribution in [2.75, 3.05) is 11.4 Å². The minimum Gasteiger partial charge on any atom is -0.480 e. The van der Waals surface area contributed by atoms with Gasteiger partial charge in [0.2, 0.25) is 0 Å². The zero-order valence-corrected chi connectivity index (χ0v) is 25.9. The number of hydrogen-bond donors (Lipinski definition) is 2. The minimum atomic E-state index is -4.87. The van der Waals surface area contributed by atoms with Crippen molar-refractivity contribution in [2.45, 2.75) is 76.1 Å². The molecule has 7 rings (SSSR count). The summed E-state index contributed by atoms with van der Waals surface area (Å²) in [5.74, 6) is -1.85. The predicted molar refractivity (Wildman–Crippen MR) is 162 cm³/mol. The summed E-state index contributed by atoms with van der Waals surface area (Å²) in [6.07, 6.45) is -1.02. The molecule has 15 heteroatoms. The van der Waals surface area contributed by atoms with E-state index in [1.54, 1.807) is 6.07 Å². The standard InChI is InChI=1S/C32H30F4N4O6S/c1-15-8-18-11-19(12-23(15)40(18)31-38-28-22(33)9-17(10-25(28)47-31)30(43)37-13-26(41)42)44-14-21-27(39-46-29(21)16-6-7-16)20-4-2-3-5-24(20)45-32(34,35)36/h2-5,9-10,15-16,18-19,23H,6-8,11-14H2,1H3,(H,37,43)(H,41,42)/t15-,18?,19?,23?/m1/s1. The molecule has 10 nitrogen and oxygen atoms in total. The van der Waals surface area contributed by atoms with Gasteiger partial charge in [-0.05, 0) is 62.3 Å². The van der Waals surface area contributed by atoms with Gasteiger partial charge in [0.1, 0.15) is 29.3 Å². The number of piperidine rings is 1. The van der Waals surface area contributed by atoms with Crippen molar-refractivity contribution in [1.29, 1.82) is 0 Å². The van der Waals surface area contributed by atoms with Gasteiger partial charge in [0.25, 0.3) is 5.91 Å². The van der Waals surface area contributed by atoms with Crippen molar-refractivity contribution in [3.63, 3.8) is 0 Å². The van der Waals surface area contributed by atoms with Gasteiger partial charge >= 0.3 is 12.3 Å². The van der Waals surface area contributed by atoms with E-state index in [1.165, 1.54) is 35.6 Å². The molecule has 3 fully saturated rings. The van der Waals surface area contributed by atoms with E-state index in [9.17, 15) is 22.8 Å². The van der Waals surface area contributed by atoms with Crippen molar-refractivity contribution in [3.8, 4) is 17.0 Å². The van der Waals surface area contributed by atoms with Crippen molar-refractivity contribution < 1.29 is 46.3 Å². The van der Waals surface area contributed by atoms with Gasteiger partial charge in [0, 0.05) is 34.7 Å². The Hall–Kier alpha value is -4.24. The number of alkyl halides is 3. The first-order valence-electron chi connectivity index (χ1n) is 15.3. The van der Waals surface area contributed by atoms with Gasteiger partial charge in [-0.15, -0.1) is 13.2 Å². The molecule has 0 spiro atoms. The molecule has 1 saturated carbocycles. The van der Waals surface area contributed by atoms with Gasteiger partial charge in [-0.25, -0.2) is 9.37 Å². The van der Waals surface area contributed by atoms with Crippen molar-refractivity contribution in [1.82, 2.24) is 15.5 Å². The summed E-state index contributed by atoms with van der Waals surface area (Å²) in [5, 5.41) is 15.9. The smallest absolute Gasteiger partial charge is 0.480 e. The van der Waals surface area contributed by atoms with E-state index >= 15 is 4.39 Å². The van der Waals surface area contributed by atoms with E-state index in [4.69, 9.17) is 14.4 Å². The summed E-state index contributed by atoms with van der Waals surface area (Å²) >= 11 is 1.28. The number of hydrogen-bond acceptors (Lipinski definition) is 9. The maximum atomic E-state index is 15.1. The van der Waals surface area contributed by atoms with Crippen LogP contribution in [0, 0.1) is 11.7 Å². The number of thiazole rings is 1. The summed E-state index contributed by atoms with van der Waals surface area (Å²) in [7, 11) is 0. The van der Waals surface area contributed by atoms with Crippen molar-refractivity contribution >= 4 is 38.6 Å². The van der Waals surface area contributed by atoms with E-state index in [0.717, 1.165) is 25.3 Å². The molecule has 1 aliphatic carbocycles. The fourth-order valence-electron chi connectivity index (χ4n) is 6.80. The molecule has 2 saturated heterocycles. The number of halogens is 4. The van der Waals surface area contributed by atoms with Crippen LogP contribution in [0.4, 0.5) is 22.7 Å². The van der Waals surface area contributed by atoms with Crippen LogP contribution < -0.4 is 15.0 Å². The average Bonchev–Trinajstić information content (AvgIpc) is 3.56. The number of amides is 1. The molecule has 1 amide bonds. The number of aromatic nitrogens is 2. The zero-order valence-electron chi connectivity index (χ0n) is 25.1. The monoisotopic (exact) mass is 674 g/mol. The van der Waals surface area contributed by atoms with Crippen LogP contribution in [-0.4, -0.2) is 58.2 Å². The van der Waals surface area contributed by atoms with Gasteiger partial charge in [-0.2, -0.15) is 0 Å². The highest BCUT2D eigenvalue weighted by molar-refractivity contribution is 7.22. The largest absolute Gasteiger partial charge is 0.573 e. The van der Waals surface area contributed by atoms with Crippen LogP contribution in [0.15, 0.2) is 40.9 Å². The number of carboxylic acid groups (broad SMARTS) is 1. The number of anilines is 1. The lowest BCUT2D eigenvalue weighted by Crippen LogP contribution is -2.46.